The number of nitrogens with one attached hydrogen (secondary N) is 1. The summed E-state index contributed by atoms with van der Waals surface area (Å²) in [6.45, 7) is 0.896. The molecule has 0 aliphatic heterocycles. The molecule has 8 heteroatoms. The van der Waals surface area contributed by atoms with Crippen molar-refractivity contribution in [3.05, 3.63) is 65.7 Å². The lowest BCUT2D eigenvalue weighted by molar-refractivity contribution is 0.0955. The third-order valence-corrected chi connectivity index (χ3v) is 7.21. The van der Waals surface area contributed by atoms with Crippen LogP contribution in [0.4, 0.5) is 0 Å². The first-order valence-electron chi connectivity index (χ1n) is 8.63. The quantitative estimate of drug-likeness (QED) is 0.337. The SMILES string of the molecule is CCCSP(=O)(OCC)Oc1ccc(C=NNC(=O)c2ccccc2)cc1. The maximum absolute atomic E-state index is 12.7. The Bertz CT molecular complexity index is 797. The van der Waals surface area contributed by atoms with Gasteiger partial charge in [-0.15, -0.1) is 0 Å². The molecule has 1 N–H and O–H groups in total. The highest BCUT2D eigenvalue weighted by molar-refractivity contribution is 8.55. The van der Waals surface area contributed by atoms with Gasteiger partial charge in [-0.1, -0.05) is 25.1 Å². The standard InChI is InChI=1S/C19H23N2O4PS/c1-3-14-27-26(23,24-4-2)25-18-12-10-16(11-13-18)15-20-21-19(22)17-8-6-5-7-9-17/h5-13,15H,3-4,14H2,1-2H3,(H,21,22). The van der Waals surface area contributed by atoms with E-state index in [0.717, 1.165) is 12.0 Å². The van der Waals surface area contributed by atoms with Crippen LogP contribution in [-0.4, -0.2) is 24.5 Å². The number of carbonyl (C=O) groups is 1. The maximum Gasteiger partial charge on any atom is 0.440 e. The van der Waals surface area contributed by atoms with E-state index >= 15 is 0 Å². The van der Waals surface area contributed by atoms with Gasteiger partial charge in [-0.25, -0.2) is 9.99 Å². The van der Waals surface area contributed by atoms with Gasteiger partial charge in [0.2, 0.25) is 0 Å². The lowest BCUT2D eigenvalue weighted by Crippen LogP contribution is -2.17. The van der Waals surface area contributed by atoms with Gasteiger partial charge in [0.25, 0.3) is 5.91 Å². The third kappa shape index (κ3) is 7.21. The topological polar surface area (TPSA) is 77.0 Å². The highest BCUT2D eigenvalue weighted by atomic mass is 32.7. The van der Waals surface area contributed by atoms with Gasteiger partial charge in [-0.2, -0.15) is 5.10 Å². The zero-order chi connectivity index (χ0) is 19.5. The van der Waals surface area contributed by atoms with Crippen molar-refractivity contribution in [2.45, 2.75) is 20.3 Å². The van der Waals surface area contributed by atoms with Gasteiger partial charge < -0.3 is 4.52 Å². The van der Waals surface area contributed by atoms with Crippen LogP contribution in [0.2, 0.25) is 0 Å². The molecule has 0 bridgehead atoms. The van der Waals surface area contributed by atoms with Crippen molar-refractivity contribution in [1.29, 1.82) is 0 Å². The molecular weight excluding hydrogens is 383 g/mol. The Labute approximate surface area is 163 Å². The van der Waals surface area contributed by atoms with E-state index in [4.69, 9.17) is 9.05 Å². The fourth-order valence-electron chi connectivity index (χ4n) is 2.01. The Morgan fingerprint density at radius 1 is 1.15 bits per heavy atom. The monoisotopic (exact) mass is 406 g/mol. The van der Waals surface area contributed by atoms with Crippen molar-refractivity contribution in [3.8, 4) is 5.75 Å². The van der Waals surface area contributed by atoms with Crippen molar-refractivity contribution in [1.82, 2.24) is 5.43 Å². The molecule has 0 aliphatic carbocycles. The zero-order valence-corrected chi connectivity index (χ0v) is 17.0. The van der Waals surface area contributed by atoms with E-state index in [1.165, 1.54) is 17.6 Å². The first-order chi connectivity index (χ1) is 13.1. The molecule has 1 atom stereocenters. The summed E-state index contributed by atoms with van der Waals surface area (Å²) in [5.41, 5.74) is 3.78. The van der Waals surface area contributed by atoms with Gasteiger partial charge in [-0.3, -0.25) is 9.32 Å². The predicted molar refractivity (Wildman–Crippen MR) is 111 cm³/mol. The fourth-order valence-corrected chi connectivity index (χ4v) is 5.47. The van der Waals surface area contributed by atoms with Crippen LogP contribution in [0.15, 0.2) is 59.7 Å². The maximum atomic E-state index is 12.7. The summed E-state index contributed by atoms with van der Waals surface area (Å²) in [7, 11) is 0. The number of hydrazone groups is 1. The van der Waals surface area contributed by atoms with Crippen LogP contribution in [0.5, 0.6) is 5.75 Å². The Morgan fingerprint density at radius 2 is 1.85 bits per heavy atom. The Kier molecular flexibility index (Phi) is 8.58. The summed E-state index contributed by atoms with van der Waals surface area (Å²) < 4.78 is 23.6. The zero-order valence-electron chi connectivity index (χ0n) is 15.3. The summed E-state index contributed by atoms with van der Waals surface area (Å²) in [4.78, 5) is 11.9. The van der Waals surface area contributed by atoms with Crippen molar-refractivity contribution < 1.29 is 18.4 Å². The molecule has 2 aromatic rings. The van der Waals surface area contributed by atoms with E-state index in [1.54, 1.807) is 55.5 Å². The van der Waals surface area contributed by atoms with Gasteiger partial charge >= 0.3 is 6.80 Å². The average molecular weight is 406 g/mol. The van der Waals surface area contributed by atoms with E-state index < -0.39 is 6.80 Å². The number of hydrogen-bond donors (Lipinski definition) is 1. The minimum absolute atomic E-state index is 0.280. The number of nitrogens with zero attached hydrogens (tertiary/aromatic N) is 1. The molecule has 2 aromatic carbocycles. The van der Waals surface area contributed by atoms with Crippen molar-refractivity contribution in [3.63, 3.8) is 0 Å². The van der Waals surface area contributed by atoms with Gasteiger partial charge in [-0.05, 0) is 66.7 Å². The first kappa shape index (κ1) is 21.2. The summed E-state index contributed by atoms with van der Waals surface area (Å²) in [5.74, 6) is 0.876. The second-order valence-corrected chi connectivity index (χ2v) is 9.54. The van der Waals surface area contributed by atoms with Crippen LogP contribution >= 0.6 is 18.2 Å². The number of amides is 1. The summed E-state index contributed by atoms with van der Waals surface area (Å²) in [6.07, 6.45) is 2.41. The van der Waals surface area contributed by atoms with Crippen LogP contribution in [0, 0.1) is 0 Å². The third-order valence-electron chi connectivity index (χ3n) is 3.25. The number of benzene rings is 2. The van der Waals surface area contributed by atoms with E-state index in [2.05, 4.69) is 10.5 Å². The molecule has 0 heterocycles. The molecule has 0 aliphatic rings. The number of hydrogen-bond acceptors (Lipinski definition) is 6. The Morgan fingerprint density at radius 3 is 2.48 bits per heavy atom. The molecule has 0 radical (unpaired) electrons. The molecular formula is C19H23N2O4PS. The Hall–Kier alpha value is -2.08. The summed E-state index contributed by atoms with van der Waals surface area (Å²) in [5, 5.41) is 3.94. The lowest BCUT2D eigenvalue weighted by atomic mass is 10.2. The van der Waals surface area contributed by atoms with Crippen LogP contribution in [0.3, 0.4) is 0 Å². The second-order valence-electron chi connectivity index (χ2n) is 5.42. The normalized spacial score (nSPS) is 13.3. The van der Waals surface area contributed by atoms with E-state index in [9.17, 15) is 9.36 Å². The van der Waals surface area contributed by atoms with Crippen molar-refractivity contribution >= 4 is 30.3 Å². The van der Waals surface area contributed by atoms with Crippen LogP contribution in [0.25, 0.3) is 0 Å². The molecule has 0 spiro atoms. The van der Waals surface area contributed by atoms with Gasteiger partial charge in [0, 0.05) is 11.3 Å². The fraction of sp³-hybridized carbons (Fsp3) is 0.263. The highest BCUT2D eigenvalue weighted by Crippen LogP contribution is 2.60. The van der Waals surface area contributed by atoms with Crippen molar-refractivity contribution in [2.24, 2.45) is 5.10 Å². The molecule has 1 unspecified atom stereocenters. The van der Waals surface area contributed by atoms with E-state index in [1.807, 2.05) is 13.0 Å². The minimum Gasteiger partial charge on any atom is -0.417 e. The van der Waals surface area contributed by atoms with Crippen LogP contribution in [0.1, 0.15) is 36.2 Å². The first-order valence-corrected chi connectivity index (χ1v) is 11.8. The van der Waals surface area contributed by atoms with Gasteiger partial charge in [0.1, 0.15) is 5.75 Å². The van der Waals surface area contributed by atoms with Crippen LogP contribution < -0.4 is 9.95 Å². The smallest absolute Gasteiger partial charge is 0.417 e. The molecule has 27 heavy (non-hydrogen) atoms. The number of rotatable bonds is 10. The molecule has 1 amide bonds. The summed E-state index contributed by atoms with van der Waals surface area (Å²) >= 11 is 1.20. The molecule has 0 saturated carbocycles. The molecule has 0 fully saturated rings. The molecule has 6 nitrogen and oxygen atoms in total. The average Bonchev–Trinajstić information content (AvgIpc) is 2.68. The largest absolute Gasteiger partial charge is 0.440 e. The molecule has 0 aromatic heterocycles. The molecule has 0 saturated heterocycles. The summed E-state index contributed by atoms with van der Waals surface area (Å²) in [6, 6.07) is 15.7. The van der Waals surface area contributed by atoms with Gasteiger partial charge in [0.15, 0.2) is 0 Å². The van der Waals surface area contributed by atoms with E-state index in [0.29, 0.717) is 23.7 Å². The predicted octanol–water partition coefficient (Wildman–Crippen LogP) is 5.12. The highest BCUT2D eigenvalue weighted by Gasteiger charge is 2.26. The Balaban J connectivity index is 1.94. The molecule has 2 rings (SSSR count). The molecule has 144 valence electrons. The van der Waals surface area contributed by atoms with Crippen molar-refractivity contribution in [2.75, 3.05) is 12.4 Å². The minimum atomic E-state index is -3.22. The second kappa shape index (κ2) is 10.9. The van der Waals surface area contributed by atoms with E-state index in [-0.39, 0.29) is 5.91 Å². The van der Waals surface area contributed by atoms with Gasteiger partial charge in [0.05, 0.1) is 12.8 Å². The van der Waals surface area contributed by atoms with Crippen LogP contribution in [-0.2, 0) is 9.09 Å². The number of carbonyl (C=O) groups excluding carboxylic acids is 1. The lowest BCUT2D eigenvalue weighted by Gasteiger charge is -2.17.